The lowest BCUT2D eigenvalue weighted by molar-refractivity contribution is -0.124. The van der Waals surface area contributed by atoms with Crippen LogP contribution >= 0.6 is 31.9 Å². The van der Waals surface area contributed by atoms with Crippen molar-refractivity contribution in [3.63, 3.8) is 0 Å². The molecule has 174 valence electrons. The minimum Gasteiger partial charge on any atom is -0.497 e. The Labute approximate surface area is 213 Å². The summed E-state index contributed by atoms with van der Waals surface area (Å²) in [5.74, 6) is 2.72. The summed E-state index contributed by atoms with van der Waals surface area (Å²) in [5, 5.41) is 0. The van der Waals surface area contributed by atoms with Crippen LogP contribution in [0.2, 0.25) is 0 Å². The number of methoxy groups -OCH3 is 2. The Kier molecular flexibility index (Phi) is 9.57. The van der Waals surface area contributed by atoms with E-state index in [1.165, 1.54) is 11.1 Å². The Bertz CT molecular complexity index is 1070. The summed E-state index contributed by atoms with van der Waals surface area (Å²) in [6, 6.07) is 22.4. The van der Waals surface area contributed by atoms with Gasteiger partial charge in [0, 0.05) is 21.3 Å². The lowest BCUT2D eigenvalue weighted by atomic mass is 9.75. The summed E-state index contributed by atoms with van der Waals surface area (Å²) in [6.45, 7) is 2.03. The normalized spacial score (nSPS) is 17.7. The third kappa shape index (κ3) is 7.18. The Morgan fingerprint density at radius 1 is 0.879 bits per heavy atom. The van der Waals surface area contributed by atoms with Crippen molar-refractivity contribution in [2.75, 3.05) is 14.2 Å². The van der Waals surface area contributed by atoms with Crippen LogP contribution in [0.4, 0.5) is 0 Å². The predicted molar refractivity (Wildman–Crippen MR) is 141 cm³/mol. The van der Waals surface area contributed by atoms with Gasteiger partial charge in [0.05, 0.1) is 14.2 Å². The van der Waals surface area contributed by atoms with Crippen molar-refractivity contribution in [3.05, 3.63) is 92.4 Å². The smallest absolute Gasteiger partial charge is 0.136 e. The van der Waals surface area contributed by atoms with Crippen molar-refractivity contribution in [2.24, 2.45) is 5.92 Å². The third-order valence-electron chi connectivity index (χ3n) is 6.12. The van der Waals surface area contributed by atoms with Crippen molar-refractivity contribution < 1.29 is 14.3 Å². The van der Waals surface area contributed by atoms with Crippen LogP contribution in [-0.4, -0.2) is 20.0 Å². The highest BCUT2D eigenvalue weighted by Gasteiger charge is 2.30. The Morgan fingerprint density at radius 3 is 2.15 bits per heavy atom. The second-order valence-corrected chi connectivity index (χ2v) is 10.0. The number of ketones is 1. The Balaban J connectivity index is 0.000000257. The summed E-state index contributed by atoms with van der Waals surface area (Å²) >= 11 is 7.00. The van der Waals surface area contributed by atoms with Gasteiger partial charge >= 0.3 is 0 Å². The van der Waals surface area contributed by atoms with Crippen molar-refractivity contribution in [1.29, 1.82) is 0 Å². The number of aryl methyl sites for hydroxylation is 1. The zero-order valence-corrected chi connectivity index (χ0v) is 22.5. The fourth-order valence-corrected chi connectivity index (χ4v) is 4.84. The van der Waals surface area contributed by atoms with E-state index in [1.54, 1.807) is 14.2 Å². The summed E-state index contributed by atoms with van der Waals surface area (Å²) < 4.78 is 12.5. The number of benzene rings is 3. The van der Waals surface area contributed by atoms with Gasteiger partial charge in [-0.3, -0.25) is 4.79 Å². The average molecular weight is 574 g/mol. The molecule has 0 saturated heterocycles. The molecule has 3 nitrogen and oxygen atoms in total. The number of carbonyl (C=O) groups is 1. The van der Waals surface area contributed by atoms with Gasteiger partial charge in [0.25, 0.3) is 0 Å². The van der Waals surface area contributed by atoms with Crippen LogP contribution in [0.25, 0.3) is 0 Å². The van der Waals surface area contributed by atoms with Crippen LogP contribution < -0.4 is 9.47 Å². The van der Waals surface area contributed by atoms with Crippen LogP contribution in [0.5, 0.6) is 11.5 Å². The molecular formula is C28H30Br2O3. The maximum Gasteiger partial charge on any atom is 0.136 e. The molecule has 0 N–H and O–H groups in total. The van der Waals surface area contributed by atoms with Crippen molar-refractivity contribution in [1.82, 2.24) is 0 Å². The molecule has 1 fully saturated rings. The highest BCUT2D eigenvalue weighted by Crippen LogP contribution is 2.37. The zero-order valence-electron chi connectivity index (χ0n) is 19.3. The highest BCUT2D eigenvalue weighted by molar-refractivity contribution is 9.10. The molecule has 0 aromatic heterocycles. The lowest BCUT2D eigenvalue weighted by Crippen LogP contribution is -2.25. The summed E-state index contributed by atoms with van der Waals surface area (Å²) in [6.07, 6.45) is 3.37. The molecule has 0 bridgehead atoms. The van der Waals surface area contributed by atoms with Gasteiger partial charge in [0.1, 0.15) is 17.3 Å². The van der Waals surface area contributed by atoms with E-state index in [2.05, 4.69) is 56.1 Å². The molecule has 0 aliphatic heterocycles. The minimum atomic E-state index is 0.0948. The van der Waals surface area contributed by atoms with Crippen LogP contribution in [0, 0.1) is 12.8 Å². The van der Waals surface area contributed by atoms with E-state index < -0.39 is 0 Å². The standard InChI is InChI=1S/C20H21BrO2.C8H9BrO/c1-23-18-8-9-19(21)16(13-18)12-17-11-15(7-10-20(17)22)14-5-3-2-4-6-14;1-6-5-7(10-2)3-4-8(6)9/h2-6,8-9,13,15,17H,7,10-12H2,1H3;3-5H,1-2H3. The number of rotatable bonds is 5. The maximum atomic E-state index is 12.4. The molecule has 0 amide bonds. The van der Waals surface area contributed by atoms with Gasteiger partial charge in [0.15, 0.2) is 0 Å². The van der Waals surface area contributed by atoms with Gasteiger partial charge in [-0.15, -0.1) is 0 Å². The number of halogens is 2. The molecule has 0 spiro atoms. The topological polar surface area (TPSA) is 35.5 Å². The first kappa shape index (κ1) is 25.5. The van der Waals surface area contributed by atoms with E-state index >= 15 is 0 Å². The number of hydrogen-bond donors (Lipinski definition) is 0. The van der Waals surface area contributed by atoms with E-state index in [4.69, 9.17) is 9.47 Å². The van der Waals surface area contributed by atoms with E-state index in [0.29, 0.717) is 18.1 Å². The molecule has 33 heavy (non-hydrogen) atoms. The number of hydrogen-bond acceptors (Lipinski definition) is 3. The molecule has 1 aliphatic carbocycles. The highest BCUT2D eigenvalue weighted by atomic mass is 79.9. The van der Waals surface area contributed by atoms with Crippen LogP contribution in [0.1, 0.15) is 41.9 Å². The minimum absolute atomic E-state index is 0.0948. The number of Topliss-reactive ketones (excluding diaryl/α,β-unsaturated/α-hetero) is 1. The molecule has 1 aliphatic rings. The first-order chi connectivity index (χ1) is 15.9. The Morgan fingerprint density at radius 2 is 1.52 bits per heavy atom. The van der Waals surface area contributed by atoms with E-state index in [9.17, 15) is 4.79 Å². The largest absolute Gasteiger partial charge is 0.497 e. The van der Waals surface area contributed by atoms with Gasteiger partial charge < -0.3 is 9.47 Å². The van der Waals surface area contributed by atoms with Crippen LogP contribution in [0.3, 0.4) is 0 Å². The van der Waals surface area contributed by atoms with Crippen LogP contribution in [0.15, 0.2) is 75.7 Å². The SMILES string of the molecule is COc1ccc(Br)c(C)c1.COc1ccc(Br)c(CC2CC(c3ccccc3)CCC2=O)c1. The monoisotopic (exact) mass is 572 g/mol. The molecule has 5 heteroatoms. The average Bonchev–Trinajstić information content (AvgIpc) is 2.84. The molecule has 0 heterocycles. The second-order valence-electron chi connectivity index (χ2n) is 8.32. The van der Waals surface area contributed by atoms with E-state index in [-0.39, 0.29) is 5.92 Å². The molecule has 1 saturated carbocycles. The fraction of sp³-hybridized carbons (Fsp3) is 0.321. The number of ether oxygens (including phenoxy) is 2. The summed E-state index contributed by atoms with van der Waals surface area (Å²) in [5.41, 5.74) is 3.70. The zero-order chi connectivity index (χ0) is 23.8. The molecule has 2 unspecified atom stereocenters. The van der Waals surface area contributed by atoms with Crippen molar-refractivity contribution in [2.45, 2.75) is 38.5 Å². The summed E-state index contributed by atoms with van der Waals surface area (Å²) in [4.78, 5) is 12.4. The van der Waals surface area contributed by atoms with Crippen molar-refractivity contribution >= 4 is 37.6 Å². The second kappa shape index (κ2) is 12.4. The van der Waals surface area contributed by atoms with Gasteiger partial charge in [-0.05, 0) is 85.2 Å². The molecule has 2 atom stereocenters. The predicted octanol–water partition coefficient (Wildman–Crippen LogP) is 7.92. The van der Waals surface area contributed by atoms with Gasteiger partial charge in [-0.1, -0.05) is 62.2 Å². The Hall–Kier alpha value is -2.11. The molecule has 3 aromatic rings. The van der Waals surface area contributed by atoms with E-state index in [1.807, 2.05) is 49.4 Å². The molecule has 0 radical (unpaired) electrons. The quantitative estimate of drug-likeness (QED) is 0.311. The number of carbonyl (C=O) groups excluding carboxylic acids is 1. The third-order valence-corrected chi connectivity index (χ3v) is 7.78. The molecular weight excluding hydrogens is 544 g/mol. The first-order valence-corrected chi connectivity index (χ1v) is 12.7. The van der Waals surface area contributed by atoms with Gasteiger partial charge in [0.2, 0.25) is 0 Å². The molecule has 4 rings (SSSR count). The van der Waals surface area contributed by atoms with Gasteiger partial charge in [-0.25, -0.2) is 0 Å². The lowest BCUT2D eigenvalue weighted by Gasteiger charge is -2.29. The fourth-order valence-electron chi connectivity index (χ4n) is 4.18. The maximum absolute atomic E-state index is 12.4. The summed E-state index contributed by atoms with van der Waals surface area (Å²) in [7, 11) is 3.34. The van der Waals surface area contributed by atoms with E-state index in [0.717, 1.165) is 45.3 Å². The van der Waals surface area contributed by atoms with Crippen molar-refractivity contribution in [3.8, 4) is 11.5 Å². The first-order valence-electron chi connectivity index (χ1n) is 11.1. The van der Waals surface area contributed by atoms with Gasteiger partial charge in [-0.2, -0.15) is 0 Å². The van der Waals surface area contributed by atoms with Crippen LogP contribution in [-0.2, 0) is 11.2 Å². The molecule has 3 aromatic carbocycles.